The quantitative estimate of drug-likeness (QED) is 0.560. The highest BCUT2D eigenvalue weighted by Crippen LogP contribution is 2.44. The molecular weight excluding hydrogens is 246 g/mol. The Bertz CT molecular complexity index is 288. The average Bonchev–Trinajstić information content (AvgIpc) is 2.20. The molecule has 0 aliphatic carbocycles. The Morgan fingerprint density at radius 2 is 2.07 bits per heavy atom. The molecule has 0 saturated heterocycles. The number of allylic oxidation sites excluding steroid dienone is 2. The Morgan fingerprint density at radius 3 is 2.50 bits per heavy atom. The summed E-state index contributed by atoms with van der Waals surface area (Å²) in [4.78, 5) is 10.3. The topological polar surface area (TPSA) is 26.3 Å². The number of carbonyl (C=O) groups is 1. The van der Waals surface area contributed by atoms with E-state index >= 15 is 0 Å². The number of carbonyl (C=O) groups excluding carboxylic acids is 1. The number of rotatable bonds is 2. The molecule has 2 unspecified atom stereocenters. The minimum atomic E-state index is -1.01. The zero-order chi connectivity index (χ0) is 10.9. The Morgan fingerprint density at radius 1 is 1.50 bits per heavy atom. The molecular formula is C9H11Cl3O2. The summed E-state index contributed by atoms with van der Waals surface area (Å²) in [5, 5.41) is -0.569. The normalized spacial score (nSPS) is 33.2. The van der Waals surface area contributed by atoms with E-state index in [-0.39, 0.29) is 0 Å². The van der Waals surface area contributed by atoms with E-state index in [1.165, 1.54) is 0 Å². The number of cyclic esters (lactones) is 1. The minimum absolute atomic E-state index is 0.351. The first-order valence-electron chi connectivity index (χ1n) is 4.41. The molecule has 1 rings (SSSR count). The van der Waals surface area contributed by atoms with Crippen LogP contribution in [-0.2, 0) is 9.53 Å². The lowest BCUT2D eigenvalue weighted by Crippen LogP contribution is -2.44. The summed E-state index contributed by atoms with van der Waals surface area (Å²) in [6.07, 6.45) is 1.02. The second kappa shape index (κ2) is 4.30. The monoisotopic (exact) mass is 256 g/mol. The zero-order valence-electron chi connectivity index (χ0n) is 7.94. The van der Waals surface area contributed by atoms with Crippen molar-refractivity contribution in [1.82, 2.24) is 0 Å². The van der Waals surface area contributed by atoms with Gasteiger partial charge in [-0.1, -0.05) is 25.4 Å². The van der Waals surface area contributed by atoms with Crippen molar-refractivity contribution < 1.29 is 9.53 Å². The van der Waals surface area contributed by atoms with E-state index in [4.69, 9.17) is 39.5 Å². The summed E-state index contributed by atoms with van der Waals surface area (Å²) >= 11 is 18.1. The molecule has 0 bridgehead atoms. The number of esters is 1. The average molecular weight is 258 g/mol. The number of ether oxygens (including phenoxy) is 1. The molecule has 0 aromatic rings. The van der Waals surface area contributed by atoms with E-state index in [0.717, 1.165) is 0 Å². The van der Waals surface area contributed by atoms with Gasteiger partial charge in [-0.15, -0.1) is 23.2 Å². The molecule has 0 saturated carbocycles. The summed E-state index contributed by atoms with van der Waals surface area (Å²) in [6, 6.07) is 0. The van der Waals surface area contributed by atoms with Gasteiger partial charge in [0.15, 0.2) is 5.38 Å². The van der Waals surface area contributed by atoms with Crippen LogP contribution in [0.2, 0.25) is 0 Å². The first-order valence-corrected chi connectivity index (χ1v) is 5.60. The first-order chi connectivity index (χ1) is 6.47. The fourth-order valence-electron chi connectivity index (χ4n) is 1.31. The fraction of sp³-hybridized carbons (Fsp3) is 0.667. The van der Waals surface area contributed by atoms with Gasteiger partial charge >= 0.3 is 5.97 Å². The Kier molecular flexibility index (Phi) is 3.73. The molecule has 80 valence electrons. The lowest BCUT2D eigenvalue weighted by Gasteiger charge is -2.34. The molecule has 0 amide bonds. The van der Waals surface area contributed by atoms with Gasteiger partial charge in [0.2, 0.25) is 0 Å². The van der Waals surface area contributed by atoms with Crippen LogP contribution in [0.5, 0.6) is 0 Å². The highest BCUT2D eigenvalue weighted by Gasteiger charge is 2.48. The van der Waals surface area contributed by atoms with E-state index in [2.05, 4.69) is 0 Å². The van der Waals surface area contributed by atoms with Crippen molar-refractivity contribution in [1.29, 1.82) is 0 Å². The van der Waals surface area contributed by atoms with Crippen molar-refractivity contribution in [3.63, 3.8) is 0 Å². The molecule has 2 nitrogen and oxygen atoms in total. The van der Waals surface area contributed by atoms with Gasteiger partial charge in [-0.25, -0.2) is 4.79 Å². The van der Waals surface area contributed by atoms with E-state index in [9.17, 15) is 4.79 Å². The second-order valence-electron chi connectivity index (χ2n) is 3.09. The molecule has 1 aliphatic rings. The van der Waals surface area contributed by atoms with E-state index in [1.807, 2.05) is 13.8 Å². The van der Waals surface area contributed by atoms with Gasteiger partial charge in [0.05, 0.1) is 5.03 Å². The van der Waals surface area contributed by atoms with Crippen LogP contribution in [0, 0.1) is 0 Å². The molecule has 0 fully saturated rings. The van der Waals surface area contributed by atoms with Gasteiger partial charge in [0.25, 0.3) is 0 Å². The van der Waals surface area contributed by atoms with Gasteiger partial charge < -0.3 is 4.74 Å². The van der Waals surface area contributed by atoms with E-state index in [0.29, 0.717) is 23.6 Å². The zero-order valence-corrected chi connectivity index (χ0v) is 10.2. The summed E-state index contributed by atoms with van der Waals surface area (Å²) < 4.78 is 4.95. The van der Waals surface area contributed by atoms with Crippen molar-refractivity contribution in [2.75, 3.05) is 0 Å². The van der Waals surface area contributed by atoms with Crippen LogP contribution in [0.3, 0.4) is 0 Å². The maximum absolute atomic E-state index is 11.4. The van der Waals surface area contributed by atoms with Crippen molar-refractivity contribution in [3.8, 4) is 0 Å². The lowest BCUT2D eigenvalue weighted by atomic mass is 9.97. The van der Waals surface area contributed by atoms with Crippen LogP contribution in [-0.4, -0.2) is 16.2 Å². The van der Waals surface area contributed by atoms with Crippen LogP contribution >= 0.6 is 34.8 Å². The van der Waals surface area contributed by atoms with Crippen molar-refractivity contribution in [2.45, 2.75) is 36.9 Å². The van der Waals surface area contributed by atoms with E-state index in [1.54, 1.807) is 0 Å². The summed E-state index contributed by atoms with van der Waals surface area (Å²) in [5.41, 5.74) is 0. The van der Waals surface area contributed by atoms with Crippen LogP contribution < -0.4 is 0 Å². The third-order valence-corrected chi connectivity index (χ3v) is 4.26. The maximum atomic E-state index is 11.4. The third-order valence-electron chi connectivity index (χ3n) is 2.28. The molecule has 0 N–H and O–H groups in total. The predicted molar refractivity (Wildman–Crippen MR) is 57.8 cm³/mol. The largest absolute Gasteiger partial charge is 0.429 e. The van der Waals surface area contributed by atoms with Crippen molar-refractivity contribution in [3.05, 3.63) is 10.8 Å². The molecule has 0 spiro atoms. The van der Waals surface area contributed by atoms with E-state index < -0.39 is 16.2 Å². The summed E-state index contributed by atoms with van der Waals surface area (Å²) in [5.74, 6) is -0.102. The van der Waals surface area contributed by atoms with Crippen molar-refractivity contribution in [2.24, 2.45) is 0 Å². The number of hydrogen-bond donors (Lipinski definition) is 0. The van der Waals surface area contributed by atoms with Gasteiger partial charge in [0.1, 0.15) is 10.6 Å². The number of alkyl halides is 2. The maximum Gasteiger partial charge on any atom is 0.331 e. The molecule has 5 heteroatoms. The van der Waals surface area contributed by atoms with Crippen LogP contribution in [0.15, 0.2) is 10.8 Å². The highest BCUT2D eigenvalue weighted by molar-refractivity contribution is 6.46. The second-order valence-corrected chi connectivity index (χ2v) is 4.58. The standard InChI is InChI=1S/C9H11Cl3O2/c1-3-5-6(10)9(12,4-2)7(11)8(13)14-5/h7H,3-4H2,1-2H3. The van der Waals surface area contributed by atoms with Crippen LogP contribution in [0.25, 0.3) is 0 Å². The molecule has 14 heavy (non-hydrogen) atoms. The van der Waals surface area contributed by atoms with Gasteiger partial charge in [0, 0.05) is 6.42 Å². The Balaban J connectivity index is 3.18. The molecule has 0 aromatic heterocycles. The Hall–Kier alpha value is 0.0800. The van der Waals surface area contributed by atoms with Gasteiger partial charge in [-0.05, 0) is 6.42 Å². The van der Waals surface area contributed by atoms with Crippen molar-refractivity contribution >= 4 is 40.8 Å². The lowest BCUT2D eigenvalue weighted by molar-refractivity contribution is -0.141. The predicted octanol–water partition coefficient (Wildman–Crippen LogP) is 3.40. The number of hydrogen-bond acceptors (Lipinski definition) is 2. The minimum Gasteiger partial charge on any atom is -0.429 e. The molecule has 1 heterocycles. The van der Waals surface area contributed by atoms with Crippen LogP contribution in [0.4, 0.5) is 0 Å². The smallest absolute Gasteiger partial charge is 0.331 e. The SMILES string of the molecule is CCC1=C(Cl)C(Cl)(CC)C(Cl)C(=O)O1. The summed E-state index contributed by atoms with van der Waals surface area (Å²) in [7, 11) is 0. The fourth-order valence-corrected chi connectivity index (χ4v) is 2.28. The third kappa shape index (κ3) is 1.75. The van der Waals surface area contributed by atoms with Crippen LogP contribution in [0.1, 0.15) is 26.7 Å². The molecule has 1 aliphatic heterocycles. The first kappa shape index (κ1) is 12.2. The van der Waals surface area contributed by atoms with Gasteiger partial charge in [-0.2, -0.15) is 0 Å². The summed E-state index contributed by atoms with van der Waals surface area (Å²) in [6.45, 7) is 3.67. The van der Waals surface area contributed by atoms with Gasteiger partial charge in [-0.3, -0.25) is 0 Å². The molecule has 2 atom stereocenters. The molecule has 0 radical (unpaired) electrons. The number of halogens is 3. The Labute approximate surface area is 98.1 Å². The molecule has 0 aromatic carbocycles. The highest BCUT2D eigenvalue weighted by atomic mass is 35.5.